The molecule has 5 heteroatoms. The summed E-state index contributed by atoms with van der Waals surface area (Å²) in [4.78, 5) is 10.5. The van der Waals surface area contributed by atoms with Crippen LogP contribution in [0.25, 0.3) is 32.9 Å². The van der Waals surface area contributed by atoms with Gasteiger partial charge < -0.3 is 9.88 Å². The molecular weight excluding hydrogens is 346 g/mol. The normalized spacial score (nSPS) is 20.4. The van der Waals surface area contributed by atoms with Gasteiger partial charge in [0.25, 0.3) is 0 Å². The van der Waals surface area contributed by atoms with Gasteiger partial charge in [0.05, 0.1) is 6.20 Å². The number of aryl methyl sites for hydroxylation is 1. The molecule has 0 aliphatic heterocycles. The van der Waals surface area contributed by atoms with Crippen LogP contribution in [0, 0.1) is 0 Å². The first-order chi connectivity index (χ1) is 13.6. The molecule has 1 aliphatic carbocycles. The van der Waals surface area contributed by atoms with Gasteiger partial charge in [-0.05, 0) is 68.3 Å². The summed E-state index contributed by atoms with van der Waals surface area (Å²) in [5.74, 6) is 0.611. The molecule has 0 amide bonds. The van der Waals surface area contributed by atoms with Gasteiger partial charge in [-0.2, -0.15) is 5.10 Å². The van der Waals surface area contributed by atoms with E-state index in [-0.39, 0.29) is 0 Å². The lowest BCUT2D eigenvalue weighted by Crippen LogP contribution is -2.31. The van der Waals surface area contributed by atoms with E-state index in [4.69, 9.17) is 4.98 Å². The fourth-order valence-electron chi connectivity index (χ4n) is 4.81. The van der Waals surface area contributed by atoms with Crippen molar-refractivity contribution >= 4 is 21.8 Å². The minimum atomic E-state index is 0.611. The predicted octanol–water partition coefficient (Wildman–Crippen LogP) is 4.70. The van der Waals surface area contributed by atoms with Crippen LogP contribution >= 0.6 is 0 Å². The number of H-pyrrole nitrogens is 1. The molecule has 0 atom stereocenters. The van der Waals surface area contributed by atoms with Crippen molar-refractivity contribution in [3.8, 4) is 11.1 Å². The summed E-state index contributed by atoms with van der Waals surface area (Å²) in [7, 11) is 6.36. The molecule has 0 saturated heterocycles. The number of fused-ring (bicyclic) bond motifs is 3. The van der Waals surface area contributed by atoms with Gasteiger partial charge in [-0.15, -0.1) is 0 Å². The Labute approximate surface area is 165 Å². The van der Waals surface area contributed by atoms with Gasteiger partial charge in [0.15, 0.2) is 0 Å². The lowest BCUT2D eigenvalue weighted by molar-refractivity contribution is 0.217. The van der Waals surface area contributed by atoms with E-state index in [1.807, 2.05) is 24.1 Å². The van der Waals surface area contributed by atoms with Crippen molar-refractivity contribution in [2.45, 2.75) is 37.6 Å². The van der Waals surface area contributed by atoms with Crippen molar-refractivity contribution < 1.29 is 0 Å². The monoisotopic (exact) mass is 373 g/mol. The summed E-state index contributed by atoms with van der Waals surface area (Å²) < 4.78 is 1.85. The average molecular weight is 374 g/mol. The van der Waals surface area contributed by atoms with E-state index in [0.717, 1.165) is 11.2 Å². The second-order valence-electron chi connectivity index (χ2n) is 8.40. The lowest BCUT2D eigenvalue weighted by atomic mass is 9.81. The van der Waals surface area contributed by atoms with Crippen molar-refractivity contribution in [1.29, 1.82) is 0 Å². The van der Waals surface area contributed by atoms with Crippen LogP contribution in [0.15, 0.2) is 43.0 Å². The predicted molar refractivity (Wildman–Crippen MR) is 114 cm³/mol. The van der Waals surface area contributed by atoms with Crippen molar-refractivity contribution in [3.63, 3.8) is 0 Å². The van der Waals surface area contributed by atoms with Crippen molar-refractivity contribution in [2.24, 2.45) is 7.05 Å². The first-order valence-corrected chi connectivity index (χ1v) is 10.2. The molecule has 3 heterocycles. The summed E-state index contributed by atoms with van der Waals surface area (Å²) in [5.41, 5.74) is 4.80. The molecule has 1 aliphatic rings. The number of hydrogen-bond acceptors (Lipinski definition) is 3. The van der Waals surface area contributed by atoms with Crippen LogP contribution < -0.4 is 0 Å². The summed E-state index contributed by atoms with van der Waals surface area (Å²) in [5, 5.41) is 8.12. The maximum atomic E-state index is 4.69. The minimum absolute atomic E-state index is 0.611. The maximum absolute atomic E-state index is 4.69. The quantitative estimate of drug-likeness (QED) is 0.566. The van der Waals surface area contributed by atoms with Crippen molar-refractivity contribution in [3.05, 3.63) is 48.5 Å². The van der Waals surface area contributed by atoms with E-state index in [1.165, 1.54) is 53.0 Å². The van der Waals surface area contributed by atoms with Crippen LogP contribution in [0.2, 0.25) is 0 Å². The van der Waals surface area contributed by atoms with E-state index in [2.05, 4.69) is 59.7 Å². The molecule has 0 unspecified atom stereocenters. The molecule has 1 saturated carbocycles. The van der Waals surface area contributed by atoms with Crippen LogP contribution in [-0.2, 0) is 7.05 Å². The topological polar surface area (TPSA) is 49.7 Å². The molecule has 4 aromatic rings. The van der Waals surface area contributed by atoms with E-state index in [9.17, 15) is 0 Å². The molecule has 0 spiro atoms. The number of aromatic amines is 1. The van der Waals surface area contributed by atoms with Gasteiger partial charge in [0, 0.05) is 48.0 Å². The Hall–Kier alpha value is -2.66. The van der Waals surface area contributed by atoms with E-state index >= 15 is 0 Å². The van der Waals surface area contributed by atoms with Gasteiger partial charge in [-0.3, -0.25) is 4.68 Å². The van der Waals surface area contributed by atoms with Gasteiger partial charge in [-0.25, -0.2) is 4.98 Å². The number of aromatic nitrogens is 4. The summed E-state index contributed by atoms with van der Waals surface area (Å²) in [6.45, 7) is 0. The van der Waals surface area contributed by atoms with Crippen LogP contribution in [0.5, 0.6) is 0 Å². The van der Waals surface area contributed by atoms with Crippen LogP contribution in [0.4, 0.5) is 0 Å². The van der Waals surface area contributed by atoms with E-state index in [0.29, 0.717) is 12.0 Å². The van der Waals surface area contributed by atoms with E-state index < -0.39 is 0 Å². The number of hydrogen-bond donors (Lipinski definition) is 1. The van der Waals surface area contributed by atoms with Crippen molar-refractivity contribution in [1.82, 2.24) is 24.6 Å². The Morgan fingerprint density at radius 2 is 1.89 bits per heavy atom. The molecule has 1 aromatic carbocycles. The zero-order valence-corrected chi connectivity index (χ0v) is 16.8. The van der Waals surface area contributed by atoms with E-state index in [1.54, 1.807) is 0 Å². The number of pyridine rings is 1. The van der Waals surface area contributed by atoms with Crippen LogP contribution in [-0.4, -0.2) is 44.8 Å². The van der Waals surface area contributed by atoms with Crippen LogP contribution in [0.1, 0.15) is 37.2 Å². The number of nitrogens with zero attached hydrogens (tertiary/aromatic N) is 4. The average Bonchev–Trinajstić information content (AvgIpc) is 3.34. The van der Waals surface area contributed by atoms with Crippen molar-refractivity contribution in [2.75, 3.05) is 14.1 Å². The molecular formula is C23H27N5. The molecule has 5 nitrogen and oxygen atoms in total. The SMILES string of the molecule is Cn1cc(-c2ccc3cnc4[nH]cc([C@H]5CC[C@@H](N(C)C)CC5)c4c3c2)cn1. The van der Waals surface area contributed by atoms with Gasteiger partial charge in [-0.1, -0.05) is 12.1 Å². The second-order valence-corrected chi connectivity index (χ2v) is 8.40. The number of benzene rings is 1. The Balaban J connectivity index is 1.60. The third-order valence-corrected chi connectivity index (χ3v) is 6.45. The Bertz CT molecular complexity index is 1130. The standard InChI is InChI=1S/C23H27N5/c1-27(2)19-8-6-15(7-9-19)21-13-25-23-22(21)20-10-16(4-5-17(20)11-24-23)18-12-26-28(3)14-18/h4-5,10-15,19H,6-9H2,1-3H3,(H,24,25)/t15-,19+. The summed E-state index contributed by atoms with van der Waals surface area (Å²) in [6.07, 6.45) is 13.2. The first-order valence-electron chi connectivity index (χ1n) is 10.2. The van der Waals surface area contributed by atoms with Gasteiger partial charge in [0.2, 0.25) is 0 Å². The summed E-state index contributed by atoms with van der Waals surface area (Å²) >= 11 is 0. The lowest BCUT2D eigenvalue weighted by Gasteiger charge is -2.32. The molecule has 0 bridgehead atoms. The van der Waals surface area contributed by atoms with Crippen LogP contribution in [0.3, 0.4) is 0 Å². The highest BCUT2D eigenvalue weighted by Gasteiger charge is 2.26. The summed E-state index contributed by atoms with van der Waals surface area (Å²) in [6, 6.07) is 7.37. The highest BCUT2D eigenvalue weighted by atomic mass is 15.2. The maximum Gasteiger partial charge on any atom is 0.138 e. The zero-order valence-electron chi connectivity index (χ0n) is 16.8. The molecule has 1 fully saturated rings. The fourth-order valence-corrected chi connectivity index (χ4v) is 4.81. The highest BCUT2D eigenvalue weighted by Crippen LogP contribution is 2.40. The second kappa shape index (κ2) is 6.74. The third kappa shape index (κ3) is 2.90. The Kier molecular flexibility index (Phi) is 4.20. The molecule has 3 aromatic heterocycles. The zero-order chi connectivity index (χ0) is 19.3. The third-order valence-electron chi connectivity index (χ3n) is 6.45. The minimum Gasteiger partial charge on any atom is -0.346 e. The molecule has 144 valence electrons. The molecule has 0 radical (unpaired) electrons. The number of rotatable bonds is 3. The number of nitrogens with one attached hydrogen (secondary N) is 1. The largest absolute Gasteiger partial charge is 0.346 e. The Morgan fingerprint density at radius 3 is 2.61 bits per heavy atom. The first kappa shape index (κ1) is 17.4. The fraction of sp³-hybridized carbons (Fsp3) is 0.391. The van der Waals surface area contributed by atoms with Gasteiger partial charge in [0.1, 0.15) is 5.65 Å². The van der Waals surface area contributed by atoms with Gasteiger partial charge >= 0.3 is 0 Å². The molecule has 5 rings (SSSR count). The highest BCUT2D eigenvalue weighted by molar-refractivity contribution is 6.07. The molecule has 1 N–H and O–H groups in total. The molecule has 28 heavy (non-hydrogen) atoms. The Morgan fingerprint density at radius 1 is 1.07 bits per heavy atom. The smallest absolute Gasteiger partial charge is 0.138 e.